The van der Waals surface area contributed by atoms with Crippen LogP contribution < -0.4 is 9.04 Å². The van der Waals surface area contributed by atoms with Crippen LogP contribution in [-0.4, -0.2) is 25.7 Å². The Balaban J connectivity index is 1.41. The van der Waals surface area contributed by atoms with Gasteiger partial charge in [-0.15, -0.1) is 5.10 Å². The van der Waals surface area contributed by atoms with Gasteiger partial charge in [-0.25, -0.2) is 8.42 Å². The molecule has 5 rings (SSSR count). The van der Waals surface area contributed by atoms with Crippen LogP contribution in [0.15, 0.2) is 95.9 Å². The quantitative estimate of drug-likeness (QED) is 0.339. The summed E-state index contributed by atoms with van der Waals surface area (Å²) in [5.41, 5.74) is 1.35. The molecule has 7 heteroatoms. The monoisotopic (exact) mass is 455 g/mol. The van der Waals surface area contributed by atoms with Crippen molar-refractivity contribution in [2.24, 2.45) is 0 Å². The fourth-order valence-corrected chi connectivity index (χ4v) is 4.98. The molecular formula is C26H21N3O3S. The van der Waals surface area contributed by atoms with Crippen molar-refractivity contribution in [3.8, 4) is 11.6 Å². The maximum atomic E-state index is 13.2. The van der Waals surface area contributed by atoms with Crippen molar-refractivity contribution in [3.63, 3.8) is 0 Å². The zero-order valence-electron chi connectivity index (χ0n) is 18.1. The third-order valence-electron chi connectivity index (χ3n) is 5.63. The number of hydrogen-bond acceptors (Lipinski definition) is 5. The molecule has 0 aliphatic carbocycles. The van der Waals surface area contributed by atoms with E-state index >= 15 is 0 Å². The molecule has 0 spiro atoms. The average molecular weight is 456 g/mol. The lowest BCUT2D eigenvalue weighted by Gasteiger charge is -2.20. The molecule has 0 saturated heterocycles. The SMILES string of the molecule is Cc1nnc(Oc2ccc(N(C)S(=O)(=O)c3ccc4ccccc4c3)cc2)c2ccccc12. The lowest BCUT2D eigenvalue weighted by Crippen LogP contribution is -2.26. The van der Waals surface area contributed by atoms with E-state index in [-0.39, 0.29) is 4.90 Å². The van der Waals surface area contributed by atoms with Crippen LogP contribution in [-0.2, 0) is 10.0 Å². The summed E-state index contributed by atoms with van der Waals surface area (Å²) in [7, 11) is -2.18. The normalized spacial score (nSPS) is 11.6. The molecule has 33 heavy (non-hydrogen) atoms. The number of fused-ring (bicyclic) bond motifs is 2. The van der Waals surface area contributed by atoms with Gasteiger partial charge in [-0.3, -0.25) is 4.31 Å². The van der Waals surface area contributed by atoms with E-state index in [1.165, 1.54) is 4.31 Å². The first-order chi connectivity index (χ1) is 15.9. The molecule has 0 unspecified atom stereocenters. The van der Waals surface area contributed by atoms with Gasteiger partial charge in [0.2, 0.25) is 5.88 Å². The minimum atomic E-state index is -3.72. The van der Waals surface area contributed by atoms with Crippen molar-refractivity contribution in [2.45, 2.75) is 11.8 Å². The summed E-state index contributed by atoms with van der Waals surface area (Å²) >= 11 is 0. The van der Waals surface area contributed by atoms with Gasteiger partial charge in [0.15, 0.2) is 0 Å². The molecule has 0 fully saturated rings. The second-order valence-corrected chi connectivity index (χ2v) is 9.68. The number of aromatic nitrogens is 2. The first-order valence-electron chi connectivity index (χ1n) is 10.4. The highest BCUT2D eigenvalue weighted by atomic mass is 32.2. The number of sulfonamides is 1. The highest BCUT2D eigenvalue weighted by molar-refractivity contribution is 7.92. The van der Waals surface area contributed by atoms with Crippen LogP contribution in [0.4, 0.5) is 5.69 Å². The van der Waals surface area contributed by atoms with Crippen molar-refractivity contribution < 1.29 is 13.2 Å². The van der Waals surface area contributed by atoms with E-state index in [0.717, 1.165) is 27.2 Å². The van der Waals surface area contributed by atoms with E-state index in [4.69, 9.17) is 4.74 Å². The Bertz CT molecular complexity index is 1580. The number of rotatable bonds is 5. The summed E-state index contributed by atoms with van der Waals surface area (Å²) in [4.78, 5) is 0.241. The smallest absolute Gasteiger partial charge is 0.264 e. The van der Waals surface area contributed by atoms with Gasteiger partial charge in [-0.1, -0.05) is 48.5 Å². The second-order valence-electron chi connectivity index (χ2n) is 7.71. The summed E-state index contributed by atoms with van der Waals surface area (Å²) in [5.74, 6) is 0.944. The molecule has 0 aliphatic rings. The third kappa shape index (κ3) is 3.87. The topological polar surface area (TPSA) is 72.4 Å². The van der Waals surface area contributed by atoms with Crippen LogP contribution in [0.25, 0.3) is 21.5 Å². The lowest BCUT2D eigenvalue weighted by molar-refractivity contribution is 0.461. The standard InChI is InChI=1S/C26H21N3O3S/c1-18-24-9-5-6-10-25(24)26(28-27-18)32-22-14-12-21(13-15-22)29(2)33(30,31)23-16-11-19-7-3-4-8-20(19)17-23/h3-17H,1-2H3. The Kier molecular flexibility index (Phi) is 5.18. The van der Waals surface area contributed by atoms with Crippen LogP contribution in [0.5, 0.6) is 11.6 Å². The Hall–Kier alpha value is -3.97. The fourth-order valence-electron chi connectivity index (χ4n) is 3.75. The largest absolute Gasteiger partial charge is 0.437 e. The molecule has 0 aliphatic heterocycles. The summed E-state index contributed by atoms with van der Waals surface area (Å²) in [5, 5.41) is 12.1. The number of anilines is 1. The molecule has 164 valence electrons. The van der Waals surface area contributed by atoms with Crippen LogP contribution in [0.2, 0.25) is 0 Å². The molecule has 5 aromatic rings. The van der Waals surface area contributed by atoms with Crippen molar-refractivity contribution in [1.82, 2.24) is 10.2 Å². The van der Waals surface area contributed by atoms with Gasteiger partial charge in [0.25, 0.3) is 10.0 Å². The van der Waals surface area contributed by atoms with Gasteiger partial charge in [0.1, 0.15) is 5.75 Å². The van der Waals surface area contributed by atoms with E-state index in [9.17, 15) is 8.42 Å². The van der Waals surface area contributed by atoms with Gasteiger partial charge in [-0.05, 0) is 60.2 Å². The Morgan fingerprint density at radius 1 is 0.758 bits per heavy atom. The number of hydrogen-bond donors (Lipinski definition) is 0. The zero-order valence-corrected chi connectivity index (χ0v) is 19.0. The van der Waals surface area contributed by atoms with Crippen LogP contribution in [0.3, 0.4) is 0 Å². The maximum Gasteiger partial charge on any atom is 0.264 e. The Morgan fingerprint density at radius 3 is 2.18 bits per heavy atom. The zero-order chi connectivity index (χ0) is 23.0. The average Bonchev–Trinajstić information content (AvgIpc) is 2.85. The van der Waals surface area contributed by atoms with E-state index in [1.54, 1.807) is 43.4 Å². The lowest BCUT2D eigenvalue weighted by atomic mass is 10.1. The Labute approximate surface area is 192 Å². The molecule has 0 radical (unpaired) electrons. The number of benzene rings is 4. The van der Waals surface area contributed by atoms with Gasteiger partial charge >= 0.3 is 0 Å². The Morgan fingerprint density at radius 2 is 1.42 bits per heavy atom. The second kappa shape index (κ2) is 8.18. The van der Waals surface area contributed by atoms with Crippen LogP contribution in [0, 0.1) is 6.92 Å². The molecule has 0 N–H and O–H groups in total. The highest BCUT2D eigenvalue weighted by Crippen LogP contribution is 2.31. The first kappa shape index (κ1) is 20.9. The van der Waals surface area contributed by atoms with Gasteiger partial charge in [0.05, 0.1) is 16.3 Å². The van der Waals surface area contributed by atoms with E-state index < -0.39 is 10.0 Å². The van der Waals surface area contributed by atoms with Gasteiger partial charge < -0.3 is 4.74 Å². The molecule has 1 aromatic heterocycles. The first-order valence-corrected chi connectivity index (χ1v) is 11.9. The third-order valence-corrected chi connectivity index (χ3v) is 7.41. The fraction of sp³-hybridized carbons (Fsp3) is 0.0769. The highest BCUT2D eigenvalue weighted by Gasteiger charge is 2.21. The molecule has 4 aromatic carbocycles. The minimum absolute atomic E-state index is 0.241. The molecule has 0 saturated carbocycles. The van der Waals surface area contributed by atoms with E-state index in [2.05, 4.69) is 10.2 Å². The molecular weight excluding hydrogens is 434 g/mol. The number of ether oxygens (including phenoxy) is 1. The predicted molar refractivity (Wildman–Crippen MR) is 130 cm³/mol. The van der Waals surface area contributed by atoms with E-state index in [1.807, 2.05) is 61.5 Å². The number of nitrogens with zero attached hydrogens (tertiary/aromatic N) is 3. The van der Waals surface area contributed by atoms with Crippen molar-refractivity contribution in [1.29, 1.82) is 0 Å². The van der Waals surface area contributed by atoms with E-state index in [0.29, 0.717) is 17.3 Å². The maximum absolute atomic E-state index is 13.2. The summed E-state index contributed by atoms with van der Waals surface area (Å²) in [6.07, 6.45) is 0. The molecule has 6 nitrogen and oxygen atoms in total. The molecule has 0 atom stereocenters. The number of aryl methyl sites for hydroxylation is 1. The molecule has 0 bridgehead atoms. The van der Waals surface area contributed by atoms with Crippen LogP contribution >= 0.6 is 0 Å². The van der Waals surface area contributed by atoms with Gasteiger partial charge in [-0.2, -0.15) is 5.10 Å². The van der Waals surface area contributed by atoms with Crippen molar-refractivity contribution in [2.75, 3.05) is 11.4 Å². The van der Waals surface area contributed by atoms with Gasteiger partial charge in [0, 0.05) is 17.8 Å². The molecule has 0 amide bonds. The van der Waals surface area contributed by atoms with Crippen LogP contribution in [0.1, 0.15) is 5.69 Å². The van der Waals surface area contributed by atoms with Crippen molar-refractivity contribution >= 4 is 37.3 Å². The minimum Gasteiger partial charge on any atom is -0.437 e. The summed E-state index contributed by atoms with van der Waals surface area (Å²) in [6.45, 7) is 1.90. The summed E-state index contributed by atoms with van der Waals surface area (Å²) in [6, 6.07) is 27.5. The molecule has 1 heterocycles. The summed E-state index contributed by atoms with van der Waals surface area (Å²) < 4.78 is 33.6. The predicted octanol–water partition coefficient (Wildman–Crippen LogP) is 5.71. The van der Waals surface area contributed by atoms with Crippen molar-refractivity contribution in [3.05, 3.63) is 96.7 Å².